The van der Waals surface area contributed by atoms with Gasteiger partial charge < -0.3 is 4.90 Å². The topological polar surface area (TPSA) is 45.6 Å². The van der Waals surface area contributed by atoms with Crippen LogP contribution in [0.2, 0.25) is 0 Å². The fraction of sp³-hybridized carbons (Fsp3) is 0.292. The number of fused-ring (bicyclic) bond motifs is 5. The Balaban J connectivity index is 1.66. The third-order valence-corrected chi connectivity index (χ3v) is 6.22. The van der Waals surface area contributed by atoms with Gasteiger partial charge in [0.2, 0.25) is 5.91 Å². The fourth-order valence-corrected chi connectivity index (χ4v) is 4.67. The van der Waals surface area contributed by atoms with Crippen molar-refractivity contribution in [3.63, 3.8) is 0 Å². The predicted molar refractivity (Wildman–Crippen MR) is 111 cm³/mol. The highest BCUT2D eigenvalue weighted by Gasteiger charge is 2.32. The zero-order valence-electron chi connectivity index (χ0n) is 15.8. The summed E-state index contributed by atoms with van der Waals surface area (Å²) >= 11 is 0. The van der Waals surface area contributed by atoms with Crippen LogP contribution in [0, 0.1) is 11.8 Å². The summed E-state index contributed by atoms with van der Waals surface area (Å²) in [6.45, 7) is 4.39. The second-order valence-corrected chi connectivity index (χ2v) is 7.91. The van der Waals surface area contributed by atoms with Crippen molar-refractivity contribution in [2.45, 2.75) is 32.1 Å². The van der Waals surface area contributed by atoms with Gasteiger partial charge in [-0.15, -0.1) is 0 Å². The first-order valence-corrected chi connectivity index (χ1v) is 10.0. The van der Waals surface area contributed by atoms with E-state index in [1.807, 2.05) is 35.4 Å². The fourth-order valence-electron chi connectivity index (χ4n) is 4.67. The number of aromatic nitrogens is 1. The number of nitrogens with zero attached hydrogens (tertiary/aromatic N) is 3. The van der Waals surface area contributed by atoms with E-state index >= 15 is 0 Å². The van der Waals surface area contributed by atoms with Gasteiger partial charge in [-0.3, -0.25) is 9.78 Å². The zero-order chi connectivity index (χ0) is 19.1. The van der Waals surface area contributed by atoms with Crippen LogP contribution in [-0.2, 0) is 4.79 Å². The summed E-state index contributed by atoms with van der Waals surface area (Å²) in [5, 5.41) is 0. The van der Waals surface area contributed by atoms with Crippen LogP contribution < -0.4 is 0 Å². The summed E-state index contributed by atoms with van der Waals surface area (Å²) in [7, 11) is 0. The molecule has 4 heterocycles. The Labute approximate surface area is 165 Å². The predicted octanol–water partition coefficient (Wildman–Crippen LogP) is 5.03. The molecular weight excluding hydrogens is 346 g/mol. The number of carbonyl (C=O) groups excluding carboxylic acids is 1. The molecule has 0 spiro atoms. The van der Waals surface area contributed by atoms with Gasteiger partial charge in [-0.1, -0.05) is 36.9 Å². The first-order chi connectivity index (χ1) is 13.7. The molecule has 1 aromatic heterocycles. The number of hydrogen-bond acceptors (Lipinski definition) is 3. The average molecular weight is 369 g/mol. The number of rotatable bonds is 1. The lowest BCUT2D eigenvalue weighted by molar-refractivity contribution is -0.119. The first-order valence-electron chi connectivity index (χ1n) is 10.0. The monoisotopic (exact) mass is 369 g/mol. The van der Waals surface area contributed by atoms with E-state index < -0.39 is 0 Å². The molecule has 3 aliphatic heterocycles. The molecular formula is C24H23N3O. The van der Waals surface area contributed by atoms with Crippen molar-refractivity contribution < 1.29 is 4.79 Å². The van der Waals surface area contributed by atoms with Crippen LogP contribution in [0.3, 0.4) is 0 Å². The molecule has 1 amide bonds. The average Bonchev–Trinajstić information content (AvgIpc) is 2.74. The Morgan fingerprint density at radius 1 is 1.04 bits per heavy atom. The van der Waals surface area contributed by atoms with Crippen LogP contribution in [-0.4, -0.2) is 21.6 Å². The Morgan fingerprint density at radius 3 is 2.61 bits per heavy atom. The van der Waals surface area contributed by atoms with E-state index in [1.54, 1.807) is 6.20 Å². The molecule has 28 heavy (non-hydrogen) atoms. The molecule has 2 bridgehead atoms. The van der Waals surface area contributed by atoms with Crippen molar-refractivity contribution in [2.24, 2.45) is 16.8 Å². The van der Waals surface area contributed by atoms with Gasteiger partial charge in [0.1, 0.15) is 5.84 Å². The van der Waals surface area contributed by atoms with Crippen molar-refractivity contribution in [1.29, 1.82) is 0 Å². The van der Waals surface area contributed by atoms with Gasteiger partial charge in [-0.05, 0) is 49.7 Å². The number of amides is 1. The third kappa shape index (κ3) is 2.89. The van der Waals surface area contributed by atoms with E-state index in [2.05, 4.69) is 34.8 Å². The number of allylic oxidation sites excluding steroid dienone is 1. The Morgan fingerprint density at radius 2 is 1.82 bits per heavy atom. The molecule has 0 N–H and O–H groups in total. The minimum Gasteiger partial charge on any atom is -0.305 e. The highest BCUT2D eigenvalue weighted by atomic mass is 16.1. The molecule has 0 unspecified atom stereocenters. The van der Waals surface area contributed by atoms with Crippen LogP contribution in [0.15, 0.2) is 66.1 Å². The molecule has 0 radical (unpaired) electrons. The minimum atomic E-state index is -0.0301. The standard InChI is InChI=1S/C24H23N3O/c1-16-18-9-7-17(8-10-18)15-22(28)26-24-21-11-13-25-23(19-5-3-2-4-6-19)20(21)12-14-27(16)24/h2-6,11-14,17-18H,1,7-10,15H2. The summed E-state index contributed by atoms with van der Waals surface area (Å²) in [4.78, 5) is 24.0. The Kier molecular flexibility index (Phi) is 4.19. The maximum Gasteiger partial charge on any atom is 0.247 e. The molecule has 140 valence electrons. The van der Waals surface area contributed by atoms with Crippen molar-refractivity contribution in [3.8, 4) is 11.3 Å². The summed E-state index contributed by atoms with van der Waals surface area (Å²) in [6.07, 6.45) is 10.8. The quantitative estimate of drug-likeness (QED) is 0.708. The van der Waals surface area contributed by atoms with Gasteiger partial charge in [0, 0.05) is 41.2 Å². The summed E-state index contributed by atoms with van der Waals surface area (Å²) in [5.74, 6) is 1.58. The lowest BCUT2D eigenvalue weighted by atomic mass is 9.78. The van der Waals surface area contributed by atoms with E-state index in [-0.39, 0.29) is 5.91 Å². The molecule has 1 aliphatic carbocycles. The molecule has 4 aliphatic rings. The van der Waals surface area contributed by atoms with E-state index in [9.17, 15) is 4.79 Å². The van der Waals surface area contributed by atoms with Gasteiger partial charge in [0.25, 0.3) is 0 Å². The van der Waals surface area contributed by atoms with Crippen molar-refractivity contribution in [1.82, 2.24) is 9.88 Å². The maximum absolute atomic E-state index is 12.7. The number of carbonyl (C=O) groups is 1. The molecule has 1 aromatic carbocycles. The smallest absolute Gasteiger partial charge is 0.247 e. The molecule has 2 aromatic rings. The summed E-state index contributed by atoms with van der Waals surface area (Å²) in [6, 6.07) is 12.1. The number of pyridine rings is 1. The third-order valence-electron chi connectivity index (χ3n) is 6.22. The normalized spacial score (nSPS) is 23.9. The molecule has 6 rings (SSSR count). The molecule has 1 saturated carbocycles. The van der Waals surface area contributed by atoms with E-state index in [0.717, 1.165) is 53.8 Å². The van der Waals surface area contributed by atoms with Crippen molar-refractivity contribution in [3.05, 3.63) is 72.2 Å². The van der Waals surface area contributed by atoms with Gasteiger partial charge in [-0.25, -0.2) is 0 Å². The molecule has 0 saturated heterocycles. The van der Waals surface area contributed by atoms with Crippen LogP contribution in [0.1, 0.15) is 43.2 Å². The highest BCUT2D eigenvalue weighted by molar-refractivity contribution is 6.11. The second-order valence-electron chi connectivity index (χ2n) is 7.91. The molecule has 1 fully saturated rings. The molecule has 0 atom stereocenters. The van der Waals surface area contributed by atoms with E-state index in [4.69, 9.17) is 0 Å². The van der Waals surface area contributed by atoms with Gasteiger partial charge in [0.15, 0.2) is 0 Å². The molecule has 4 nitrogen and oxygen atoms in total. The van der Waals surface area contributed by atoms with Crippen LogP contribution in [0.25, 0.3) is 17.3 Å². The summed E-state index contributed by atoms with van der Waals surface area (Å²) in [5.41, 5.74) is 4.97. The second kappa shape index (κ2) is 6.86. The lowest BCUT2D eigenvalue weighted by Crippen LogP contribution is -2.35. The van der Waals surface area contributed by atoms with Crippen LogP contribution >= 0.6 is 0 Å². The van der Waals surface area contributed by atoms with Crippen LogP contribution in [0.5, 0.6) is 0 Å². The largest absolute Gasteiger partial charge is 0.305 e. The maximum atomic E-state index is 12.7. The number of hydrogen-bond donors (Lipinski definition) is 0. The minimum absolute atomic E-state index is 0.0301. The van der Waals surface area contributed by atoms with Gasteiger partial charge >= 0.3 is 0 Å². The van der Waals surface area contributed by atoms with Crippen LogP contribution in [0.4, 0.5) is 0 Å². The van der Waals surface area contributed by atoms with Crippen molar-refractivity contribution >= 4 is 17.8 Å². The highest BCUT2D eigenvalue weighted by Crippen LogP contribution is 2.39. The number of benzene rings is 1. The summed E-state index contributed by atoms with van der Waals surface area (Å²) < 4.78 is 0. The SMILES string of the molecule is C=C1C2CCC(CC2)CC(=O)N=C2c3ccnc(-c4ccccc4)c3C=CN12. The van der Waals surface area contributed by atoms with Gasteiger partial charge in [0.05, 0.1) is 5.69 Å². The molecule has 4 heteroatoms. The van der Waals surface area contributed by atoms with Crippen molar-refractivity contribution in [2.75, 3.05) is 0 Å². The zero-order valence-corrected chi connectivity index (χ0v) is 15.8. The number of aliphatic imine (C=N–C) groups is 1. The number of amidine groups is 1. The first kappa shape index (κ1) is 17.1. The van der Waals surface area contributed by atoms with E-state index in [0.29, 0.717) is 24.1 Å². The Bertz CT molecular complexity index is 998. The van der Waals surface area contributed by atoms with E-state index in [1.165, 1.54) is 0 Å². The lowest BCUT2D eigenvalue weighted by Gasteiger charge is -2.37. The van der Waals surface area contributed by atoms with Gasteiger partial charge in [-0.2, -0.15) is 4.99 Å². The Hall–Kier alpha value is -3.01.